The molecule has 25 heavy (non-hydrogen) atoms. The average Bonchev–Trinajstić information content (AvgIpc) is 3.19. The summed E-state index contributed by atoms with van der Waals surface area (Å²) < 4.78 is 7.78. The first kappa shape index (κ1) is 17.9. The van der Waals surface area contributed by atoms with Gasteiger partial charge in [-0.25, -0.2) is 4.68 Å². The van der Waals surface area contributed by atoms with E-state index >= 15 is 0 Å². The Morgan fingerprint density at radius 3 is 2.68 bits per heavy atom. The van der Waals surface area contributed by atoms with Crippen LogP contribution in [-0.4, -0.2) is 52.1 Å². The van der Waals surface area contributed by atoms with Gasteiger partial charge in [-0.3, -0.25) is 0 Å². The van der Waals surface area contributed by atoms with E-state index in [1.807, 2.05) is 44.3 Å². The number of β-amino-alcohol motifs (C(OH)–C–C–N with tert-alkyl or cyclic N) is 1. The highest BCUT2D eigenvalue weighted by Gasteiger charge is 2.18. The summed E-state index contributed by atoms with van der Waals surface area (Å²) in [6.45, 7) is 6.12. The lowest BCUT2D eigenvalue weighted by molar-refractivity contribution is 0.123. The van der Waals surface area contributed by atoms with Gasteiger partial charge in [0.05, 0.1) is 17.4 Å². The number of hydrogen-bond acceptors (Lipinski definition) is 5. The third-order valence-corrected chi connectivity index (χ3v) is 4.60. The van der Waals surface area contributed by atoms with Crippen LogP contribution < -0.4 is 10.1 Å². The second-order valence-electron chi connectivity index (χ2n) is 6.70. The molecule has 2 N–H and O–H groups in total. The zero-order valence-corrected chi connectivity index (χ0v) is 15.1. The van der Waals surface area contributed by atoms with Gasteiger partial charge < -0.3 is 20.1 Å². The van der Waals surface area contributed by atoms with Gasteiger partial charge in [0.25, 0.3) is 0 Å². The first-order chi connectivity index (χ1) is 12.1. The molecule has 1 aliphatic rings. The highest BCUT2D eigenvalue weighted by Crippen LogP contribution is 2.26. The third kappa shape index (κ3) is 4.81. The SMILES string of the molecule is Cc1nn(C)c(Oc2ccccc2)c1CNC[C@H](O)CN1CCCC1. The molecule has 0 aliphatic carbocycles. The summed E-state index contributed by atoms with van der Waals surface area (Å²) in [5, 5.41) is 18.0. The van der Waals surface area contributed by atoms with Crippen molar-refractivity contribution in [3.8, 4) is 11.6 Å². The molecule has 0 saturated carbocycles. The highest BCUT2D eigenvalue weighted by atomic mass is 16.5. The molecule has 1 aliphatic heterocycles. The molecule has 1 atom stereocenters. The van der Waals surface area contributed by atoms with Gasteiger partial charge in [0.2, 0.25) is 5.88 Å². The van der Waals surface area contributed by atoms with Crippen LogP contribution in [0.4, 0.5) is 0 Å². The number of aliphatic hydroxyl groups is 1. The van der Waals surface area contributed by atoms with Gasteiger partial charge in [-0.05, 0) is 45.0 Å². The smallest absolute Gasteiger partial charge is 0.222 e. The lowest BCUT2D eigenvalue weighted by atomic mass is 10.2. The second kappa shape index (κ2) is 8.47. The molecule has 6 nitrogen and oxygen atoms in total. The summed E-state index contributed by atoms with van der Waals surface area (Å²) in [6.07, 6.45) is 2.14. The molecular formula is C19H28N4O2. The molecule has 1 fully saturated rings. The van der Waals surface area contributed by atoms with E-state index in [-0.39, 0.29) is 6.10 Å². The maximum Gasteiger partial charge on any atom is 0.222 e. The van der Waals surface area contributed by atoms with Crippen LogP contribution in [0.3, 0.4) is 0 Å². The summed E-state index contributed by atoms with van der Waals surface area (Å²) in [6, 6.07) is 9.72. The number of ether oxygens (including phenoxy) is 1. The Morgan fingerprint density at radius 1 is 1.24 bits per heavy atom. The molecule has 1 aromatic heterocycles. The number of nitrogens with zero attached hydrogens (tertiary/aromatic N) is 3. The van der Waals surface area contributed by atoms with E-state index in [0.29, 0.717) is 13.1 Å². The van der Waals surface area contributed by atoms with Crippen molar-refractivity contribution < 1.29 is 9.84 Å². The van der Waals surface area contributed by atoms with Crippen LogP contribution in [0, 0.1) is 6.92 Å². The summed E-state index contributed by atoms with van der Waals surface area (Å²) in [7, 11) is 1.89. The van der Waals surface area contributed by atoms with Gasteiger partial charge in [-0.1, -0.05) is 18.2 Å². The number of likely N-dealkylation sites (tertiary alicyclic amines) is 1. The van der Waals surface area contributed by atoms with Crippen LogP contribution in [0.25, 0.3) is 0 Å². The monoisotopic (exact) mass is 344 g/mol. The Balaban J connectivity index is 1.56. The van der Waals surface area contributed by atoms with Gasteiger partial charge in [0, 0.05) is 26.7 Å². The zero-order valence-electron chi connectivity index (χ0n) is 15.1. The molecule has 0 bridgehead atoms. The number of hydrogen-bond donors (Lipinski definition) is 2. The summed E-state index contributed by atoms with van der Waals surface area (Å²) >= 11 is 0. The average molecular weight is 344 g/mol. The molecule has 1 aromatic carbocycles. The molecule has 0 unspecified atom stereocenters. The van der Waals surface area contributed by atoms with Gasteiger partial charge in [-0.2, -0.15) is 5.10 Å². The number of para-hydroxylation sites is 1. The van der Waals surface area contributed by atoms with Crippen molar-refractivity contribution in [2.24, 2.45) is 7.05 Å². The topological polar surface area (TPSA) is 62.6 Å². The van der Waals surface area contributed by atoms with Crippen molar-refractivity contribution in [3.05, 3.63) is 41.6 Å². The minimum atomic E-state index is -0.353. The molecule has 0 amide bonds. The Bertz CT molecular complexity index is 666. The Kier molecular flexibility index (Phi) is 6.07. The Labute approximate surface area is 149 Å². The van der Waals surface area contributed by atoms with Gasteiger partial charge in [0.15, 0.2) is 0 Å². The maximum absolute atomic E-state index is 10.2. The lowest BCUT2D eigenvalue weighted by Gasteiger charge is -2.19. The van der Waals surface area contributed by atoms with E-state index in [2.05, 4.69) is 15.3 Å². The minimum absolute atomic E-state index is 0.353. The van der Waals surface area contributed by atoms with E-state index in [9.17, 15) is 5.11 Å². The summed E-state index contributed by atoms with van der Waals surface area (Å²) in [5.41, 5.74) is 1.97. The number of rotatable bonds is 8. The second-order valence-corrected chi connectivity index (χ2v) is 6.70. The molecule has 0 spiro atoms. The van der Waals surface area contributed by atoms with Crippen molar-refractivity contribution >= 4 is 0 Å². The molecule has 3 rings (SSSR count). The highest BCUT2D eigenvalue weighted by molar-refractivity contribution is 5.35. The third-order valence-electron chi connectivity index (χ3n) is 4.60. The van der Waals surface area contributed by atoms with Gasteiger partial charge >= 0.3 is 0 Å². The number of aromatic nitrogens is 2. The molecule has 2 heterocycles. The summed E-state index contributed by atoms with van der Waals surface area (Å²) in [4.78, 5) is 2.33. The van der Waals surface area contributed by atoms with Gasteiger partial charge in [-0.15, -0.1) is 0 Å². The number of aliphatic hydroxyl groups excluding tert-OH is 1. The number of nitrogens with one attached hydrogen (secondary N) is 1. The van der Waals surface area contributed by atoms with E-state index in [1.165, 1.54) is 12.8 Å². The number of aryl methyl sites for hydroxylation is 2. The number of benzene rings is 1. The first-order valence-electron chi connectivity index (χ1n) is 9.00. The molecular weight excluding hydrogens is 316 g/mol. The predicted molar refractivity (Wildman–Crippen MR) is 97.8 cm³/mol. The van der Waals surface area contributed by atoms with Crippen molar-refractivity contribution in [2.45, 2.75) is 32.4 Å². The predicted octanol–water partition coefficient (Wildman–Crippen LogP) is 2.07. The van der Waals surface area contributed by atoms with Crippen molar-refractivity contribution in [3.63, 3.8) is 0 Å². The molecule has 6 heteroatoms. The fraction of sp³-hybridized carbons (Fsp3) is 0.526. The van der Waals surface area contributed by atoms with E-state index in [4.69, 9.17) is 4.74 Å². The van der Waals surface area contributed by atoms with E-state index in [1.54, 1.807) is 4.68 Å². The van der Waals surface area contributed by atoms with E-state index in [0.717, 1.165) is 42.5 Å². The Hall–Kier alpha value is -1.89. The fourth-order valence-electron chi connectivity index (χ4n) is 3.30. The molecule has 0 radical (unpaired) electrons. The van der Waals surface area contributed by atoms with Crippen LogP contribution in [0.5, 0.6) is 11.6 Å². The standard InChI is InChI=1S/C19H28N4O2/c1-15-18(13-20-12-16(24)14-23-10-6-7-11-23)19(22(2)21-15)25-17-8-4-3-5-9-17/h3-5,8-9,16,20,24H,6-7,10-14H2,1-2H3/t16-/m0/s1. The first-order valence-corrected chi connectivity index (χ1v) is 9.00. The largest absolute Gasteiger partial charge is 0.439 e. The Morgan fingerprint density at radius 2 is 1.96 bits per heavy atom. The van der Waals surface area contributed by atoms with Crippen LogP contribution in [0.1, 0.15) is 24.1 Å². The fourth-order valence-corrected chi connectivity index (χ4v) is 3.30. The summed E-state index contributed by atoms with van der Waals surface area (Å²) in [5.74, 6) is 1.53. The van der Waals surface area contributed by atoms with Crippen molar-refractivity contribution in [1.29, 1.82) is 0 Å². The molecule has 136 valence electrons. The van der Waals surface area contributed by atoms with Crippen LogP contribution in [0.2, 0.25) is 0 Å². The van der Waals surface area contributed by atoms with Crippen molar-refractivity contribution in [1.82, 2.24) is 20.0 Å². The molecule has 2 aromatic rings. The van der Waals surface area contributed by atoms with Crippen LogP contribution in [-0.2, 0) is 13.6 Å². The maximum atomic E-state index is 10.2. The minimum Gasteiger partial charge on any atom is -0.439 e. The lowest BCUT2D eigenvalue weighted by Crippen LogP contribution is -2.36. The molecule has 1 saturated heterocycles. The van der Waals surface area contributed by atoms with Crippen LogP contribution >= 0.6 is 0 Å². The quantitative estimate of drug-likeness (QED) is 0.768. The van der Waals surface area contributed by atoms with Gasteiger partial charge in [0.1, 0.15) is 5.75 Å². The normalized spacial score (nSPS) is 16.3. The van der Waals surface area contributed by atoms with Crippen LogP contribution in [0.15, 0.2) is 30.3 Å². The van der Waals surface area contributed by atoms with E-state index < -0.39 is 0 Å². The zero-order chi connectivity index (χ0) is 17.6. The van der Waals surface area contributed by atoms with Crippen molar-refractivity contribution in [2.75, 3.05) is 26.2 Å².